The van der Waals surface area contributed by atoms with Gasteiger partial charge in [0.1, 0.15) is 18.1 Å². The van der Waals surface area contributed by atoms with Crippen LogP contribution in [-0.2, 0) is 30.4 Å². The lowest BCUT2D eigenvalue weighted by atomic mass is 10.0. The van der Waals surface area contributed by atoms with Gasteiger partial charge in [0, 0.05) is 6.42 Å². The van der Waals surface area contributed by atoms with Crippen molar-refractivity contribution in [3.63, 3.8) is 0 Å². The van der Waals surface area contributed by atoms with Gasteiger partial charge in [-0.15, -0.1) is 0 Å². The maximum Gasteiger partial charge on any atom is 0.326 e. The van der Waals surface area contributed by atoms with Gasteiger partial charge in [0.05, 0.1) is 6.04 Å². The first kappa shape index (κ1) is 27.6. The van der Waals surface area contributed by atoms with Crippen molar-refractivity contribution in [1.82, 2.24) is 16.0 Å². The predicted octanol–water partition coefficient (Wildman–Crippen LogP) is -0.963. The Morgan fingerprint density at radius 1 is 0.909 bits per heavy atom. The Hall–Kier alpha value is -3.47. The molecule has 4 atom stereocenters. The summed E-state index contributed by atoms with van der Waals surface area (Å²) in [5.41, 5.74) is 11.9. The number of carboxylic acid groups (broad SMARTS) is 1. The van der Waals surface area contributed by atoms with Crippen molar-refractivity contribution in [3.8, 4) is 0 Å². The van der Waals surface area contributed by atoms with E-state index in [9.17, 15) is 29.1 Å². The van der Waals surface area contributed by atoms with Crippen LogP contribution in [0.1, 0.15) is 39.2 Å². The second-order valence-electron chi connectivity index (χ2n) is 8.16. The fraction of sp³-hybridized carbons (Fsp3) is 0.500. The lowest BCUT2D eigenvalue weighted by molar-refractivity contribution is -0.143. The van der Waals surface area contributed by atoms with Gasteiger partial charge >= 0.3 is 5.97 Å². The summed E-state index contributed by atoms with van der Waals surface area (Å²) in [6.45, 7) is 4.65. The molecular weight excluding hydrogens is 430 g/mol. The molecule has 0 aliphatic rings. The molecule has 1 aromatic rings. The van der Waals surface area contributed by atoms with E-state index < -0.39 is 59.7 Å². The summed E-state index contributed by atoms with van der Waals surface area (Å²) in [5.74, 6) is -4.35. The third-order valence-electron chi connectivity index (χ3n) is 4.93. The molecule has 0 heterocycles. The van der Waals surface area contributed by atoms with E-state index >= 15 is 0 Å². The van der Waals surface area contributed by atoms with E-state index in [0.29, 0.717) is 0 Å². The van der Waals surface area contributed by atoms with Gasteiger partial charge in [0.25, 0.3) is 0 Å². The number of benzene rings is 1. The molecule has 0 bridgehead atoms. The fourth-order valence-electron chi connectivity index (χ4n) is 2.97. The lowest BCUT2D eigenvalue weighted by Gasteiger charge is -2.24. The van der Waals surface area contributed by atoms with Crippen LogP contribution in [0.15, 0.2) is 30.3 Å². The summed E-state index contributed by atoms with van der Waals surface area (Å²) >= 11 is 0. The Bertz CT molecular complexity index is 845. The highest BCUT2D eigenvalue weighted by atomic mass is 16.4. The van der Waals surface area contributed by atoms with E-state index in [1.165, 1.54) is 6.92 Å². The van der Waals surface area contributed by atoms with Crippen molar-refractivity contribution >= 4 is 29.6 Å². The fourth-order valence-corrected chi connectivity index (χ4v) is 2.97. The summed E-state index contributed by atoms with van der Waals surface area (Å²) in [6.07, 6.45) is -0.0670. The number of nitrogens with one attached hydrogen (secondary N) is 3. The molecular formula is C22H33N5O6. The summed E-state index contributed by atoms with van der Waals surface area (Å²) in [4.78, 5) is 60.1. The SMILES string of the molecule is CC(NC(=O)C(N)Cc1ccccc1)C(=O)NC(CCC(N)=O)C(=O)NC(C(=O)O)C(C)C. The first-order valence-corrected chi connectivity index (χ1v) is 10.6. The number of aliphatic carboxylic acids is 1. The zero-order valence-corrected chi connectivity index (χ0v) is 19.0. The number of primary amides is 1. The quantitative estimate of drug-likeness (QED) is 0.217. The topological polar surface area (TPSA) is 194 Å². The zero-order valence-electron chi connectivity index (χ0n) is 19.0. The number of carbonyl (C=O) groups excluding carboxylic acids is 4. The van der Waals surface area contributed by atoms with Gasteiger partial charge in [0.2, 0.25) is 23.6 Å². The standard InChI is InChI=1S/C22H33N5O6/c1-12(2)18(22(32)33)27-21(31)16(9-10-17(24)28)26-19(29)13(3)25-20(30)15(23)11-14-7-5-4-6-8-14/h4-8,12-13,15-16,18H,9-11,23H2,1-3H3,(H2,24,28)(H,25,30)(H,26,29)(H,27,31)(H,32,33). The van der Waals surface area contributed by atoms with Gasteiger partial charge in [-0.1, -0.05) is 44.2 Å². The van der Waals surface area contributed by atoms with E-state index in [2.05, 4.69) is 16.0 Å². The van der Waals surface area contributed by atoms with Gasteiger partial charge in [-0.25, -0.2) is 4.79 Å². The highest BCUT2D eigenvalue weighted by molar-refractivity contribution is 5.94. The van der Waals surface area contributed by atoms with Crippen LogP contribution in [0.4, 0.5) is 0 Å². The van der Waals surface area contributed by atoms with Crippen LogP contribution in [0.25, 0.3) is 0 Å². The zero-order chi connectivity index (χ0) is 25.1. The highest BCUT2D eigenvalue weighted by Gasteiger charge is 2.30. The van der Waals surface area contributed by atoms with Gasteiger partial charge in [0.15, 0.2) is 0 Å². The molecule has 11 nitrogen and oxygen atoms in total. The monoisotopic (exact) mass is 463 g/mol. The number of carbonyl (C=O) groups is 5. The van der Waals surface area contributed by atoms with Gasteiger partial charge in [-0.05, 0) is 31.2 Å². The molecule has 1 aromatic carbocycles. The second kappa shape index (κ2) is 13.2. The largest absolute Gasteiger partial charge is 0.480 e. The normalized spacial score (nSPS) is 14.5. The van der Waals surface area contributed by atoms with Gasteiger partial charge < -0.3 is 32.5 Å². The van der Waals surface area contributed by atoms with E-state index in [0.717, 1.165) is 5.56 Å². The molecule has 33 heavy (non-hydrogen) atoms. The van der Waals surface area contributed by atoms with Crippen molar-refractivity contribution in [2.75, 3.05) is 0 Å². The van der Waals surface area contributed by atoms with E-state index in [1.54, 1.807) is 13.8 Å². The molecule has 4 amide bonds. The Kier molecular flexibility index (Phi) is 11.0. The lowest BCUT2D eigenvalue weighted by Crippen LogP contribution is -2.57. The molecule has 0 spiro atoms. The first-order valence-electron chi connectivity index (χ1n) is 10.6. The Morgan fingerprint density at radius 2 is 1.52 bits per heavy atom. The average molecular weight is 464 g/mol. The summed E-state index contributed by atoms with van der Waals surface area (Å²) < 4.78 is 0. The van der Waals surface area contributed by atoms with Crippen LogP contribution in [0.3, 0.4) is 0 Å². The molecule has 0 radical (unpaired) electrons. The summed E-state index contributed by atoms with van der Waals surface area (Å²) in [7, 11) is 0. The number of nitrogens with two attached hydrogens (primary N) is 2. The molecule has 8 N–H and O–H groups in total. The van der Waals surface area contributed by atoms with E-state index in [4.69, 9.17) is 11.5 Å². The van der Waals surface area contributed by atoms with Crippen LogP contribution >= 0.6 is 0 Å². The van der Waals surface area contributed by atoms with Crippen molar-refractivity contribution in [2.45, 2.75) is 64.2 Å². The minimum absolute atomic E-state index is 0.133. The van der Waals surface area contributed by atoms with E-state index in [-0.39, 0.29) is 19.3 Å². The van der Waals surface area contributed by atoms with Crippen LogP contribution in [-0.4, -0.2) is 58.9 Å². The summed E-state index contributed by atoms with van der Waals surface area (Å²) in [6, 6.07) is 4.80. The van der Waals surface area contributed by atoms with Crippen molar-refractivity contribution < 1.29 is 29.1 Å². The number of carboxylic acids is 1. The van der Waals surface area contributed by atoms with Gasteiger partial charge in [-0.2, -0.15) is 0 Å². The Balaban J connectivity index is 2.77. The number of hydrogen-bond donors (Lipinski definition) is 6. The van der Waals surface area contributed by atoms with Crippen LogP contribution in [0, 0.1) is 5.92 Å². The molecule has 11 heteroatoms. The maximum absolute atomic E-state index is 12.6. The number of hydrogen-bond acceptors (Lipinski definition) is 6. The minimum atomic E-state index is -1.23. The predicted molar refractivity (Wildman–Crippen MR) is 120 cm³/mol. The molecule has 1 rings (SSSR count). The molecule has 0 aliphatic heterocycles. The maximum atomic E-state index is 12.6. The van der Waals surface area contributed by atoms with Crippen LogP contribution in [0.2, 0.25) is 0 Å². The molecule has 0 aliphatic carbocycles. The van der Waals surface area contributed by atoms with Crippen molar-refractivity contribution in [1.29, 1.82) is 0 Å². The third-order valence-corrected chi connectivity index (χ3v) is 4.93. The van der Waals surface area contributed by atoms with Crippen molar-refractivity contribution in [2.24, 2.45) is 17.4 Å². The van der Waals surface area contributed by atoms with Crippen molar-refractivity contribution in [3.05, 3.63) is 35.9 Å². The number of rotatable bonds is 13. The first-order chi connectivity index (χ1) is 15.4. The Morgan fingerprint density at radius 3 is 2.03 bits per heavy atom. The molecule has 4 unspecified atom stereocenters. The van der Waals surface area contributed by atoms with Gasteiger partial charge in [-0.3, -0.25) is 19.2 Å². The van der Waals surface area contributed by atoms with Crippen LogP contribution in [0.5, 0.6) is 0 Å². The van der Waals surface area contributed by atoms with Crippen LogP contribution < -0.4 is 27.4 Å². The average Bonchev–Trinajstić information content (AvgIpc) is 2.74. The Labute approximate surface area is 192 Å². The summed E-state index contributed by atoms with van der Waals surface area (Å²) in [5, 5.41) is 16.6. The molecule has 182 valence electrons. The molecule has 0 aromatic heterocycles. The van der Waals surface area contributed by atoms with E-state index in [1.807, 2.05) is 30.3 Å². The molecule has 0 saturated carbocycles. The second-order valence-corrected chi connectivity index (χ2v) is 8.16. The number of amides is 4. The minimum Gasteiger partial charge on any atom is -0.480 e. The third kappa shape index (κ3) is 9.69. The molecule has 0 saturated heterocycles. The molecule has 0 fully saturated rings. The highest BCUT2D eigenvalue weighted by Crippen LogP contribution is 2.06. The smallest absolute Gasteiger partial charge is 0.326 e.